The van der Waals surface area contributed by atoms with Gasteiger partial charge in [-0.05, 0) is 25.3 Å². The zero-order chi connectivity index (χ0) is 13.1. The molecular formula is C17H26N2. The van der Waals surface area contributed by atoms with Crippen LogP contribution in [0.2, 0.25) is 0 Å². The molecule has 2 fully saturated rings. The number of rotatable bonds is 4. The number of benzene rings is 1. The van der Waals surface area contributed by atoms with Crippen LogP contribution in [0.3, 0.4) is 0 Å². The topological polar surface area (TPSA) is 15.3 Å². The van der Waals surface area contributed by atoms with Crippen molar-refractivity contribution >= 4 is 0 Å². The Bertz CT molecular complexity index is 388. The normalized spacial score (nSPS) is 21.6. The summed E-state index contributed by atoms with van der Waals surface area (Å²) in [6.07, 6.45) is 7.10. The zero-order valence-corrected chi connectivity index (χ0v) is 12.1. The van der Waals surface area contributed by atoms with Gasteiger partial charge in [0, 0.05) is 31.7 Å². The second kappa shape index (κ2) is 6.06. The van der Waals surface area contributed by atoms with Gasteiger partial charge in [-0.3, -0.25) is 4.90 Å². The van der Waals surface area contributed by atoms with E-state index in [-0.39, 0.29) is 0 Å². The Morgan fingerprint density at radius 3 is 2.26 bits per heavy atom. The number of hydrogen-bond acceptors (Lipinski definition) is 2. The van der Waals surface area contributed by atoms with Crippen LogP contribution in [-0.4, -0.2) is 30.1 Å². The molecule has 1 saturated carbocycles. The molecule has 0 radical (unpaired) electrons. The number of hydrogen-bond donors (Lipinski definition) is 1. The summed E-state index contributed by atoms with van der Waals surface area (Å²) in [6, 6.07) is 10.7. The molecule has 1 aromatic rings. The molecule has 0 unspecified atom stereocenters. The van der Waals surface area contributed by atoms with Crippen LogP contribution in [-0.2, 0) is 6.54 Å². The third-order valence-corrected chi connectivity index (χ3v) is 4.76. The maximum absolute atomic E-state index is 3.43. The summed E-state index contributed by atoms with van der Waals surface area (Å²) in [5, 5.41) is 3.43. The van der Waals surface area contributed by atoms with E-state index in [1.807, 2.05) is 0 Å². The molecule has 1 N–H and O–H groups in total. The van der Waals surface area contributed by atoms with Gasteiger partial charge >= 0.3 is 0 Å². The summed E-state index contributed by atoms with van der Waals surface area (Å²) in [5.74, 6) is 0. The Balaban J connectivity index is 1.69. The molecule has 0 amide bonds. The fourth-order valence-electron chi connectivity index (χ4n) is 3.38. The number of aryl methyl sites for hydroxylation is 1. The summed E-state index contributed by atoms with van der Waals surface area (Å²) in [5.41, 5.74) is 2.83. The molecule has 1 aliphatic heterocycles. The van der Waals surface area contributed by atoms with Crippen LogP contribution < -0.4 is 5.32 Å². The first kappa shape index (κ1) is 13.1. The van der Waals surface area contributed by atoms with Gasteiger partial charge in [0.15, 0.2) is 0 Å². The molecule has 0 spiro atoms. The Hall–Kier alpha value is -0.860. The average Bonchev–Trinajstić information content (AvgIpc) is 2.39. The van der Waals surface area contributed by atoms with Crippen molar-refractivity contribution in [2.45, 2.75) is 57.7 Å². The van der Waals surface area contributed by atoms with E-state index in [9.17, 15) is 0 Å². The molecule has 0 bridgehead atoms. The molecule has 2 heteroatoms. The van der Waals surface area contributed by atoms with Crippen LogP contribution in [0.5, 0.6) is 0 Å². The minimum atomic E-state index is 0.768. The fourth-order valence-corrected chi connectivity index (χ4v) is 3.38. The summed E-state index contributed by atoms with van der Waals surface area (Å²) in [7, 11) is 0. The van der Waals surface area contributed by atoms with E-state index in [1.165, 1.54) is 56.3 Å². The van der Waals surface area contributed by atoms with Gasteiger partial charge in [0.1, 0.15) is 0 Å². The quantitative estimate of drug-likeness (QED) is 0.893. The fraction of sp³-hybridized carbons (Fsp3) is 0.647. The molecule has 0 aromatic heterocycles. The van der Waals surface area contributed by atoms with Crippen molar-refractivity contribution in [2.24, 2.45) is 0 Å². The van der Waals surface area contributed by atoms with Gasteiger partial charge in [-0.15, -0.1) is 0 Å². The van der Waals surface area contributed by atoms with Gasteiger partial charge in [0.05, 0.1) is 0 Å². The van der Waals surface area contributed by atoms with Crippen molar-refractivity contribution < 1.29 is 0 Å². The molecular weight excluding hydrogens is 232 g/mol. The first-order valence-corrected chi connectivity index (χ1v) is 7.85. The lowest BCUT2D eigenvalue weighted by atomic mass is 9.91. The van der Waals surface area contributed by atoms with Crippen LogP contribution in [0, 0.1) is 6.92 Å². The average molecular weight is 258 g/mol. The van der Waals surface area contributed by atoms with E-state index in [0.29, 0.717) is 0 Å². The lowest BCUT2D eigenvalue weighted by Gasteiger charge is -2.44. The zero-order valence-electron chi connectivity index (χ0n) is 12.1. The maximum atomic E-state index is 3.43. The Morgan fingerprint density at radius 1 is 1.00 bits per heavy atom. The first-order valence-electron chi connectivity index (χ1n) is 7.85. The monoisotopic (exact) mass is 258 g/mol. The van der Waals surface area contributed by atoms with Crippen LogP contribution >= 0.6 is 0 Å². The molecule has 1 saturated heterocycles. The van der Waals surface area contributed by atoms with Crippen molar-refractivity contribution in [3.05, 3.63) is 35.4 Å². The first-order chi connectivity index (χ1) is 9.33. The van der Waals surface area contributed by atoms with Gasteiger partial charge in [0.25, 0.3) is 0 Å². The lowest BCUT2D eigenvalue weighted by Crippen LogP contribution is -2.59. The van der Waals surface area contributed by atoms with Crippen LogP contribution in [0.1, 0.15) is 43.2 Å². The molecule has 104 valence electrons. The molecule has 2 aliphatic rings. The van der Waals surface area contributed by atoms with Crippen LogP contribution in [0.4, 0.5) is 0 Å². The molecule has 0 atom stereocenters. The summed E-state index contributed by atoms with van der Waals surface area (Å²) in [6.45, 7) is 5.67. The Morgan fingerprint density at radius 2 is 1.68 bits per heavy atom. The van der Waals surface area contributed by atoms with Gasteiger partial charge in [-0.1, -0.05) is 49.1 Å². The highest BCUT2D eigenvalue weighted by Crippen LogP contribution is 2.26. The van der Waals surface area contributed by atoms with Crippen molar-refractivity contribution in [1.29, 1.82) is 0 Å². The van der Waals surface area contributed by atoms with Crippen LogP contribution in [0.25, 0.3) is 0 Å². The SMILES string of the molecule is Cc1ccc(CN(C2CCCCC2)C2CNC2)cc1. The Labute approximate surface area is 117 Å². The molecule has 3 rings (SSSR count). The molecule has 1 aromatic carbocycles. The highest BCUT2D eigenvalue weighted by molar-refractivity contribution is 5.21. The molecule has 19 heavy (non-hydrogen) atoms. The predicted molar refractivity (Wildman–Crippen MR) is 80.3 cm³/mol. The van der Waals surface area contributed by atoms with Gasteiger partial charge in [-0.25, -0.2) is 0 Å². The van der Waals surface area contributed by atoms with Crippen molar-refractivity contribution in [3.63, 3.8) is 0 Å². The van der Waals surface area contributed by atoms with E-state index in [0.717, 1.165) is 18.6 Å². The van der Waals surface area contributed by atoms with Crippen LogP contribution in [0.15, 0.2) is 24.3 Å². The maximum Gasteiger partial charge on any atom is 0.0351 e. The standard InChI is InChI=1S/C17H26N2/c1-14-7-9-15(10-8-14)13-19(17-11-18-12-17)16-5-3-2-4-6-16/h7-10,16-18H,2-6,11-13H2,1H3. The predicted octanol–water partition coefficient (Wildman–Crippen LogP) is 3.10. The van der Waals surface area contributed by atoms with E-state index >= 15 is 0 Å². The smallest absolute Gasteiger partial charge is 0.0351 e. The van der Waals surface area contributed by atoms with Gasteiger partial charge in [0.2, 0.25) is 0 Å². The van der Waals surface area contributed by atoms with Gasteiger partial charge in [-0.2, -0.15) is 0 Å². The lowest BCUT2D eigenvalue weighted by molar-refractivity contribution is 0.0656. The van der Waals surface area contributed by atoms with Gasteiger partial charge < -0.3 is 5.32 Å². The summed E-state index contributed by atoms with van der Waals surface area (Å²) in [4.78, 5) is 2.78. The third kappa shape index (κ3) is 3.18. The molecule has 1 aliphatic carbocycles. The van der Waals surface area contributed by atoms with Crippen molar-refractivity contribution in [1.82, 2.24) is 10.2 Å². The second-order valence-corrected chi connectivity index (χ2v) is 6.26. The minimum Gasteiger partial charge on any atom is -0.314 e. The highest BCUT2D eigenvalue weighted by atomic mass is 15.3. The summed E-state index contributed by atoms with van der Waals surface area (Å²) < 4.78 is 0. The minimum absolute atomic E-state index is 0.768. The van der Waals surface area contributed by atoms with E-state index < -0.39 is 0 Å². The number of nitrogens with one attached hydrogen (secondary N) is 1. The second-order valence-electron chi connectivity index (χ2n) is 6.26. The van der Waals surface area contributed by atoms with E-state index in [2.05, 4.69) is 41.4 Å². The highest BCUT2D eigenvalue weighted by Gasteiger charge is 2.30. The third-order valence-electron chi connectivity index (χ3n) is 4.76. The molecule has 1 heterocycles. The van der Waals surface area contributed by atoms with E-state index in [1.54, 1.807) is 0 Å². The summed E-state index contributed by atoms with van der Waals surface area (Å²) >= 11 is 0. The molecule has 2 nitrogen and oxygen atoms in total. The van der Waals surface area contributed by atoms with Crippen molar-refractivity contribution in [3.8, 4) is 0 Å². The number of nitrogens with zero attached hydrogens (tertiary/aromatic N) is 1. The van der Waals surface area contributed by atoms with Crippen molar-refractivity contribution in [2.75, 3.05) is 13.1 Å². The Kier molecular flexibility index (Phi) is 4.19. The van der Waals surface area contributed by atoms with E-state index in [4.69, 9.17) is 0 Å². The largest absolute Gasteiger partial charge is 0.314 e.